The van der Waals surface area contributed by atoms with Crippen LogP contribution < -0.4 is 16.2 Å². The van der Waals surface area contributed by atoms with Crippen LogP contribution in [0.15, 0.2) is 77.4 Å². The molecule has 1 atom stereocenters. The number of carbonyl (C=O) groups is 1. The van der Waals surface area contributed by atoms with Crippen molar-refractivity contribution in [2.75, 3.05) is 25.4 Å². The van der Waals surface area contributed by atoms with Crippen LogP contribution in [0.2, 0.25) is 0 Å². The molecular formula is C32H34N8O3. The monoisotopic (exact) mass is 578 g/mol. The van der Waals surface area contributed by atoms with Gasteiger partial charge in [-0.15, -0.1) is 0 Å². The molecule has 2 aliphatic rings. The molecule has 2 N–H and O–H groups in total. The Labute approximate surface area is 249 Å². The predicted octanol–water partition coefficient (Wildman–Crippen LogP) is 3.88. The summed E-state index contributed by atoms with van der Waals surface area (Å²) < 4.78 is 8.93. The first-order chi connectivity index (χ1) is 20.8. The van der Waals surface area contributed by atoms with E-state index in [0.29, 0.717) is 41.3 Å². The van der Waals surface area contributed by atoms with E-state index >= 15 is 0 Å². The summed E-state index contributed by atoms with van der Waals surface area (Å²) >= 11 is 0. The average Bonchev–Trinajstić information content (AvgIpc) is 3.63. The van der Waals surface area contributed by atoms with Crippen molar-refractivity contribution in [3.05, 3.63) is 83.1 Å². The molecule has 11 nitrogen and oxygen atoms in total. The molecular weight excluding hydrogens is 544 g/mol. The minimum absolute atomic E-state index is 0.126. The molecule has 2 aromatic heterocycles. The van der Waals surface area contributed by atoms with Crippen molar-refractivity contribution >= 4 is 22.9 Å². The molecule has 220 valence electrons. The number of likely N-dealkylation sites (tertiary alicyclic amines) is 2. The molecule has 0 bridgehead atoms. The third-order valence-electron chi connectivity index (χ3n) is 8.37. The fraction of sp³-hybridized carbons (Fsp3) is 0.344. The quantitative estimate of drug-likeness (QED) is 0.246. The lowest BCUT2D eigenvalue weighted by Gasteiger charge is -2.41. The SMILES string of the molecule is CC(C)(C=C(C#N)C(=O)N1CCC1Cn1c(=O)n(-c2ccc(Oc3ccccc3)cc2)c2c(N)ncnc21)N1CCCC1. The van der Waals surface area contributed by atoms with Gasteiger partial charge in [-0.1, -0.05) is 18.2 Å². The number of ether oxygens (including phenoxy) is 1. The molecule has 1 unspecified atom stereocenters. The Kier molecular flexibility index (Phi) is 7.46. The number of para-hydroxylation sites is 1. The maximum atomic E-state index is 13.9. The molecule has 4 aromatic rings. The summed E-state index contributed by atoms with van der Waals surface area (Å²) in [6, 6.07) is 18.4. The minimum Gasteiger partial charge on any atom is -0.457 e. The van der Waals surface area contributed by atoms with Gasteiger partial charge >= 0.3 is 5.69 Å². The Morgan fingerprint density at radius 1 is 1.07 bits per heavy atom. The van der Waals surface area contributed by atoms with Crippen LogP contribution in [0.1, 0.15) is 33.1 Å². The van der Waals surface area contributed by atoms with Crippen LogP contribution in [-0.2, 0) is 11.3 Å². The summed E-state index contributed by atoms with van der Waals surface area (Å²) in [5.74, 6) is 1.18. The summed E-state index contributed by atoms with van der Waals surface area (Å²) in [5, 5.41) is 9.91. The summed E-state index contributed by atoms with van der Waals surface area (Å²) in [4.78, 5) is 39.9. The minimum atomic E-state index is -0.405. The van der Waals surface area contributed by atoms with E-state index in [1.54, 1.807) is 35.2 Å². The third kappa shape index (κ3) is 5.37. The van der Waals surface area contributed by atoms with E-state index in [-0.39, 0.29) is 35.6 Å². The molecule has 0 aliphatic carbocycles. The molecule has 2 aliphatic heterocycles. The van der Waals surface area contributed by atoms with E-state index in [1.807, 2.05) is 44.2 Å². The maximum Gasteiger partial charge on any atom is 0.335 e. The first-order valence-electron chi connectivity index (χ1n) is 14.5. The van der Waals surface area contributed by atoms with Crippen molar-refractivity contribution in [3.8, 4) is 23.3 Å². The number of nitrogen functional groups attached to an aromatic ring is 1. The summed E-state index contributed by atoms with van der Waals surface area (Å²) in [7, 11) is 0. The first kappa shape index (κ1) is 28.2. The molecule has 11 heteroatoms. The number of carbonyl (C=O) groups excluding carboxylic acids is 1. The Bertz CT molecular complexity index is 1780. The highest BCUT2D eigenvalue weighted by atomic mass is 16.5. The van der Waals surface area contributed by atoms with E-state index in [2.05, 4.69) is 20.9 Å². The van der Waals surface area contributed by atoms with Gasteiger partial charge in [-0.2, -0.15) is 5.26 Å². The van der Waals surface area contributed by atoms with Crippen LogP contribution in [0, 0.1) is 11.3 Å². The van der Waals surface area contributed by atoms with Gasteiger partial charge < -0.3 is 15.4 Å². The zero-order valence-electron chi connectivity index (χ0n) is 24.3. The van der Waals surface area contributed by atoms with E-state index in [0.717, 1.165) is 25.9 Å². The Hall–Kier alpha value is -4.95. The van der Waals surface area contributed by atoms with Gasteiger partial charge in [0.25, 0.3) is 5.91 Å². The highest BCUT2D eigenvalue weighted by Gasteiger charge is 2.37. The van der Waals surface area contributed by atoms with Crippen molar-refractivity contribution in [2.24, 2.45) is 0 Å². The van der Waals surface area contributed by atoms with Crippen LogP contribution in [0.25, 0.3) is 16.9 Å². The highest BCUT2D eigenvalue weighted by molar-refractivity contribution is 5.98. The van der Waals surface area contributed by atoms with Gasteiger partial charge in [-0.3, -0.25) is 18.8 Å². The van der Waals surface area contributed by atoms with E-state index in [1.165, 1.54) is 15.5 Å². The molecule has 0 radical (unpaired) electrons. The second kappa shape index (κ2) is 11.4. The van der Waals surface area contributed by atoms with Gasteiger partial charge in [-0.25, -0.2) is 14.8 Å². The van der Waals surface area contributed by atoms with Gasteiger partial charge in [0.05, 0.1) is 11.7 Å². The van der Waals surface area contributed by atoms with Crippen molar-refractivity contribution in [3.63, 3.8) is 0 Å². The van der Waals surface area contributed by atoms with E-state index in [9.17, 15) is 14.9 Å². The van der Waals surface area contributed by atoms with Crippen molar-refractivity contribution in [1.82, 2.24) is 28.9 Å². The molecule has 4 heterocycles. The first-order valence-corrected chi connectivity index (χ1v) is 14.5. The molecule has 0 spiro atoms. The normalized spacial score (nSPS) is 17.6. The Morgan fingerprint density at radius 2 is 1.77 bits per heavy atom. The van der Waals surface area contributed by atoms with Crippen LogP contribution >= 0.6 is 0 Å². The van der Waals surface area contributed by atoms with Crippen molar-refractivity contribution in [2.45, 2.75) is 51.2 Å². The third-order valence-corrected chi connectivity index (χ3v) is 8.37. The molecule has 6 rings (SSSR count). The summed E-state index contributed by atoms with van der Waals surface area (Å²) in [6.45, 7) is 6.70. The van der Waals surface area contributed by atoms with Gasteiger partial charge in [-0.05, 0) is 88.7 Å². The number of nitrogens with two attached hydrogens (primary N) is 1. The lowest BCUT2D eigenvalue weighted by atomic mass is 9.96. The largest absolute Gasteiger partial charge is 0.457 e. The topological polar surface area (TPSA) is 135 Å². The van der Waals surface area contributed by atoms with Crippen molar-refractivity contribution < 1.29 is 9.53 Å². The number of amides is 1. The lowest BCUT2D eigenvalue weighted by molar-refractivity contribution is -0.134. The predicted molar refractivity (Wildman–Crippen MR) is 163 cm³/mol. The number of aromatic nitrogens is 4. The average molecular weight is 579 g/mol. The van der Waals surface area contributed by atoms with Gasteiger partial charge in [0.2, 0.25) is 0 Å². The number of fused-ring (bicyclic) bond motifs is 1. The number of hydrogen-bond donors (Lipinski definition) is 1. The smallest absolute Gasteiger partial charge is 0.335 e. The molecule has 2 saturated heterocycles. The van der Waals surface area contributed by atoms with Gasteiger partial charge in [0.15, 0.2) is 11.5 Å². The number of hydrogen-bond acceptors (Lipinski definition) is 8. The zero-order valence-corrected chi connectivity index (χ0v) is 24.3. The van der Waals surface area contributed by atoms with Gasteiger partial charge in [0.1, 0.15) is 35.0 Å². The molecule has 43 heavy (non-hydrogen) atoms. The fourth-order valence-corrected chi connectivity index (χ4v) is 5.94. The number of imidazole rings is 1. The fourth-order valence-electron chi connectivity index (χ4n) is 5.94. The number of benzene rings is 2. The Morgan fingerprint density at radius 3 is 2.42 bits per heavy atom. The number of nitriles is 1. The molecule has 2 aromatic carbocycles. The van der Waals surface area contributed by atoms with E-state index in [4.69, 9.17) is 10.5 Å². The van der Waals surface area contributed by atoms with Crippen molar-refractivity contribution in [1.29, 1.82) is 5.26 Å². The zero-order chi connectivity index (χ0) is 30.1. The number of nitrogens with zero attached hydrogens (tertiary/aromatic N) is 7. The standard InChI is InChI=1S/C32H34N8O3/c1-32(2,37-15-6-7-16-37)18-22(19-33)30(41)38-17-14-24(38)20-39-29-27(28(34)35-21-36-29)40(31(39)42)23-10-12-26(13-11-23)43-25-8-4-3-5-9-25/h3-5,8-13,18,21,24H,6-7,14-17,20H2,1-2H3,(H2,34,35,36). The second-order valence-corrected chi connectivity index (χ2v) is 11.5. The maximum absolute atomic E-state index is 13.9. The number of rotatable bonds is 8. The van der Waals surface area contributed by atoms with Crippen LogP contribution in [0.4, 0.5) is 5.82 Å². The van der Waals surface area contributed by atoms with Gasteiger partial charge in [0, 0.05) is 18.6 Å². The molecule has 0 saturated carbocycles. The van der Waals surface area contributed by atoms with Crippen LogP contribution in [0.3, 0.4) is 0 Å². The second-order valence-electron chi connectivity index (χ2n) is 11.5. The molecule has 2 fully saturated rings. The summed E-state index contributed by atoms with van der Waals surface area (Å²) in [6.07, 6.45) is 6.04. The summed E-state index contributed by atoms with van der Waals surface area (Å²) in [5.41, 5.74) is 7.00. The highest BCUT2D eigenvalue weighted by Crippen LogP contribution is 2.29. The Balaban J connectivity index is 1.27. The number of anilines is 1. The van der Waals surface area contributed by atoms with E-state index < -0.39 is 5.54 Å². The lowest BCUT2D eigenvalue weighted by Crippen LogP contribution is -2.54. The molecule has 1 amide bonds. The van der Waals surface area contributed by atoms with Crippen LogP contribution in [-0.4, -0.2) is 66.0 Å². The van der Waals surface area contributed by atoms with Crippen LogP contribution in [0.5, 0.6) is 11.5 Å².